The average molecular weight is 290 g/mol. The predicted octanol–water partition coefficient (Wildman–Crippen LogP) is 1.70. The summed E-state index contributed by atoms with van der Waals surface area (Å²) in [7, 11) is -3.73. The molecular formula is C8H6N2O4S3. The van der Waals surface area contributed by atoms with Crippen molar-refractivity contribution < 1.29 is 18.3 Å². The van der Waals surface area contributed by atoms with Crippen molar-refractivity contribution in [1.82, 2.24) is 4.98 Å². The van der Waals surface area contributed by atoms with Gasteiger partial charge in [-0.05, 0) is 11.4 Å². The number of nitrogens with one attached hydrogen (secondary N) is 1. The van der Waals surface area contributed by atoms with Gasteiger partial charge in [0.1, 0.15) is 5.00 Å². The average Bonchev–Trinajstić information content (AvgIpc) is 2.85. The molecular weight excluding hydrogens is 284 g/mol. The highest BCUT2D eigenvalue weighted by molar-refractivity contribution is 7.93. The lowest BCUT2D eigenvalue weighted by Crippen LogP contribution is -2.13. The second-order valence-electron chi connectivity index (χ2n) is 2.90. The molecule has 0 fully saturated rings. The first-order valence-corrected chi connectivity index (χ1v) is 7.53. The summed E-state index contributed by atoms with van der Waals surface area (Å²) in [5, 5.41) is 11.9. The number of carboxylic acids is 1. The van der Waals surface area contributed by atoms with Gasteiger partial charge in [-0.25, -0.2) is 18.2 Å². The first-order valence-electron chi connectivity index (χ1n) is 4.22. The molecule has 0 aliphatic carbocycles. The minimum atomic E-state index is -3.73. The van der Waals surface area contributed by atoms with E-state index in [1.165, 1.54) is 28.3 Å². The normalized spacial score (nSPS) is 11.3. The second kappa shape index (κ2) is 4.43. The van der Waals surface area contributed by atoms with E-state index in [2.05, 4.69) is 9.71 Å². The number of anilines is 1. The number of nitrogens with zero attached hydrogens (tertiary/aromatic N) is 1. The zero-order valence-corrected chi connectivity index (χ0v) is 10.6. The molecule has 17 heavy (non-hydrogen) atoms. The lowest BCUT2D eigenvalue weighted by Gasteiger charge is -2.03. The topological polar surface area (TPSA) is 96.4 Å². The van der Waals surface area contributed by atoms with Crippen LogP contribution in [0.3, 0.4) is 0 Å². The van der Waals surface area contributed by atoms with Crippen LogP contribution in [0.5, 0.6) is 0 Å². The molecule has 0 amide bonds. The highest BCUT2D eigenvalue weighted by Gasteiger charge is 2.20. The molecule has 6 nitrogen and oxygen atoms in total. The van der Waals surface area contributed by atoms with E-state index in [1.54, 1.807) is 5.38 Å². The number of aromatic nitrogens is 1. The molecule has 2 rings (SSSR count). The van der Waals surface area contributed by atoms with Crippen LogP contribution >= 0.6 is 22.7 Å². The number of hydrogen-bond donors (Lipinski definition) is 2. The summed E-state index contributed by atoms with van der Waals surface area (Å²) in [4.78, 5) is 14.4. The molecule has 90 valence electrons. The van der Waals surface area contributed by atoms with Crippen LogP contribution in [-0.2, 0) is 10.0 Å². The van der Waals surface area contributed by atoms with Gasteiger partial charge in [0.05, 0.1) is 10.4 Å². The van der Waals surface area contributed by atoms with Gasteiger partial charge >= 0.3 is 5.97 Å². The summed E-state index contributed by atoms with van der Waals surface area (Å²) >= 11 is 2.17. The Kier molecular flexibility index (Phi) is 3.13. The molecule has 2 N–H and O–H groups in total. The predicted molar refractivity (Wildman–Crippen MR) is 64.2 cm³/mol. The molecule has 0 saturated heterocycles. The Morgan fingerprint density at radius 3 is 2.82 bits per heavy atom. The lowest BCUT2D eigenvalue weighted by molar-refractivity contribution is 0.0692. The highest BCUT2D eigenvalue weighted by atomic mass is 32.2. The Balaban J connectivity index is 2.33. The van der Waals surface area contributed by atoms with E-state index in [0.717, 1.165) is 11.3 Å². The van der Waals surface area contributed by atoms with Crippen molar-refractivity contribution >= 4 is 43.7 Å². The zero-order valence-electron chi connectivity index (χ0n) is 8.15. The molecule has 0 aliphatic rings. The van der Waals surface area contributed by atoms with Crippen molar-refractivity contribution in [1.29, 1.82) is 0 Å². The van der Waals surface area contributed by atoms with Crippen molar-refractivity contribution in [3.63, 3.8) is 0 Å². The smallest absolute Gasteiger partial charge is 0.357 e. The van der Waals surface area contributed by atoms with Crippen molar-refractivity contribution in [2.24, 2.45) is 0 Å². The molecule has 0 unspecified atom stereocenters. The first kappa shape index (κ1) is 12.0. The molecule has 0 aromatic carbocycles. The molecule has 2 aromatic heterocycles. The maximum absolute atomic E-state index is 11.8. The summed E-state index contributed by atoms with van der Waals surface area (Å²) in [5.74, 6) is -1.27. The summed E-state index contributed by atoms with van der Waals surface area (Å²) in [6, 6.07) is 1.44. The molecule has 0 saturated carbocycles. The summed E-state index contributed by atoms with van der Waals surface area (Å²) in [6.07, 6.45) is 0. The quantitative estimate of drug-likeness (QED) is 0.893. The van der Waals surface area contributed by atoms with E-state index >= 15 is 0 Å². The third-order valence-corrected chi connectivity index (χ3v) is 4.85. The number of hydrogen-bond acceptors (Lipinski definition) is 6. The molecule has 0 bridgehead atoms. The zero-order chi connectivity index (χ0) is 12.5. The van der Waals surface area contributed by atoms with Crippen LogP contribution in [0.1, 0.15) is 10.5 Å². The fourth-order valence-corrected chi connectivity index (χ4v) is 4.08. The van der Waals surface area contributed by atoms with Crippen LogP contribution in [0.2, 0.25) is 0 Å². The largest absolute Gasteiger partial charge is 0.476 e. The maximum Gasteiger partial charge on any atom is 0.357 e. The fourth-order valence-electron chi connectivity index (χ4n) is 1.06. The van der Waals surface area contributed by atoms with E-state index < -0.39 is 16.0 Å². The van der Waals surface area contributed by atoms with Gasteiger partial charge in [0, 0.05) is 5.38 Å². The van der Waals surface area contributed by atoms with Crippen LogP contribution < -0.4 is 4.72 Å². The van der Waals surface area contributed by atoms with Gasteiger partial charge in [-0.3, -0.25) is 4.72 Å². The first-order chi connectivity index (χ1) is 8.00. The second-order valence-corrected chi connectivity index (χ2v) is 6.22. The van der Waals surface area contributed by atoms with Gasteiger partial charge < -0.3 is 5.11 Å². The van der Waals surface area contributed by atoms with Gasteiger partial charge in [-0.15, -0.1) is 11.3 Å². The van der Waals surface area contributed by atoms with E-state index in [0.29, 0.717) is 0 Å². The number of thiophene rings is 1. The van der Waals surface area contributed by atoms with E-state index in [1.807, 2.05) is 0 Å². The van der Waals surface area contributed by atoms with Crippen LogP contribution in [0.15, 0.2) is 27.2 Å². The minimum Gasteiger partial charge on any atom is -0.476 e. The van der Waals surface area contributed by atoms with Gasteiger partial charge in [0.25, 0.3) is 10.0 Å². The van der Waals surface area contributed by atoms with Crippen molar-refractivity contribution in [2.45, 2.75) is 4.90 Å². The molecule has 0 aliphatic heterocycles. The summed E-state index contributed by atoms with van der Waals surface area (Å²) in [6.45, 7) is 0. The van der Waals surface area contributed by atoms with Crippen molar-refractivity contribution in [2.75, 3.05) is 4.72 Å². The van der Waals surface area contributed by atoms with Gasteiger partial charge in [-0.2, -0.15) is 11.3 Å². The molecule has 2 heterocycles. The fraction of sp³-hybridized carbons (Fsp3) is 0. The number of rotatable bonds is 4. The Morgan fingerprint density at radius 1 is 1.47 bits per heavy atom. The summed E-state index contributed by atoms with van der Waals surface area (Å²) in [5.41, 5.74) is 0.975. The van der Waals surface area contributed by atoms with E-state index in [4.69, 9.17) is 5.11 Å². The number of carbonyl (C=O) groups is 1. The Bertz CT molecular complexity index is 630. The van der Waals surface area contributed by atoms with Crippen LogP contribution in [0, 0.1) is 0 Å². The lowest BCUT2D eigenvalue weighted by atomic mass is 10.5. The van der Waals surface area contributed by atoms with Crippen LogP contribution in [0.25, 0.3) is 0 Å². The molecule has 0 radical (unpaired) electrons. The highest BCUT2D eigenvalue weighted by Crippen LogP contribution is 2.24. The maximum atomic E-state index is 11.8. The molecule has 0 atom stereocenters. The minimum absolute atomic E-state index is 0.00343. The third-order valence-electron chi connectivity index (χ3n) is 1.80. The molecule has 0 spiro atoms. The Hall–Kier alpha value is -1.45. The standard InChI is InChI=1S/C8H6N2O4S3/c11-8(12)6-7(16-4-9-6)10-17(13,14)5-1-2-15-3-5/h1-4,10H,(H,11,12). The SMILES string of the molecule is O=C(O)c1ncsc1NS(=O)(=O)c1ccsc1. The Labute approximate surface area is 105 Å². The van der Waals surface area contributed by atoms with Gasteiger partial charge in [0.15, 0.2) is 5.69 Å². The summed E-state index contributed by atoms with van der Waals surface area (Å²) < 4.78 is 25.8. The molecule has 9 heteroatoms. The van der Waals surface area contributed by atoms with Crippen molar-refractivity contribution in [3.8, 4) is 0 Å². The van der Waals surface area contributed by atoms with E-state index in [-0.39, 0.29) is 15.6 Å². The molecule has 2 aromatic rings. The number of thiazole rings is 1. The van der Waals surface area contributed by atoms with Crippen LogP contribution in [-0.4, -0.2) is 24.5 Å². The third kappa shape index (κ3) is 2.46. The van der Waals surface area contributed by atoms with Gasteiger partial charge in [0.2, 0.25) is 0 Å². The number of sulfonamides is 1. The van der Waals surface area contributed by atoms with Crippen LogP contribution in [0.4, 0.5) is 5.00 Å². The number of carboxylic acid groups (broad SMARTS) is 1. The van der Waals surface area contributed by atoms with Gasteiger partial charge in [-0.1, -0.05) is 0 Å². The Morgan fingerprint density at radius 2 is 2.24 bits per heavy atom. The van der Waals surface area contributed by atoms with Crippen molar-refractivity contribution in [3.05, 3.63) is 28.0 Å². The number of aromatic carboxylic acids is 1. The van der Waals surface area contributed by atoms with E-state index in [9.17, 15) is 13.2 Å². The monoisotopic (exact) mass is 290 g/mol.